The Kier molecular flexibility index (Phi) is 5.17. The van der Waals surface area contributed by atoms with Crippen LogP contribution in [0.15, 0.2) is 30.3 Å². The van der Waals surface area contributed by atoms with Gasteiger partial charge >= 0.3 is 0 Å². The molecule has 2 nitrogen and oxygen atoms in total. The summed E-state index contributed by atoms with van der Waals surface area (Å²) >= 11 is 1.82. The third-order valence-corrected chi connectivity index (χ3v) is 4.37. The summed E-state index contributed by atoms with van der Waals surface area (Å²) in [5, 5.41) is 4.68. The Morgan fingerprint density at radius 1 is 1.14 bits per heavy atom. The number of benzene rings is 1. The lowest BCUT2D eigenvalue weighted by molar-refractivity contribution is 0.535. The van der Waals surface area contributed by atoms with Gasteiger partial charge in [0.2, 0.25) is 0 Å². The molecule has 2 rings (SSSR count). The topological polar surface area (TPSA) is 24.9 Å². The van der Waals surface area contributed by atoms with Gasteiger partial charge in [0.25, 0.3) is 0 Å². The maximum Gasteiger partial charge on any atom is 0.123 e. The van der Waals surface area contributed by atoms with Gasteiger partial charge in [-0.3, -0.25) is 0 Å². The van der Waals surface area contributed by atoms with Crippen molar-refractivity contribution in [1.29, 1.82) is 0 Å². The van der Waals surface area contributed by atoms with Gasteiger partial charge in [-0.15, -0.1) is 11.3 Å². The van der Waals surface area contributed by atoms with Gasteiger partial charge < -0.3 is 5.32 Å². The van der Waals surface area contributed by atoms with Crippen molar-refractivity contribution in [3.63, 3.8) is 0 Å². The highest BCUT2D eigenvalue weighted by molar-refractivity contribution is 7.15. The molecule has 0 saturated carbocycles. The van der Waals surface area contributed by atoms with E-state index in [-0.39, 0.29) is 5.41 Å². The average Bonchev–Trinajstić information content (AvgIpc) is 2.83. The van der Waals surface area contributed by atoms with Crippen LogP contribution in [0.1, 0.15) is 45.2 Å². The lowest BCUT2D eigenvalue weighted by Gasteiger charge is -2.18. The zero-order chi connectivity index (χ0) is 15.5. The maximum absolute atomic E-state index is 4.93. The van der Waals surface area contributed by atoms with Gasteiger partial charge in [0, 0.05) is 22.4 Å². The predicted octanol–water partition coefficient (Wildman–Crippen LogP) is 4.85. The molecule has 114 valence electrons. The molecule has 0 fully saturated rings. The molecule has 0 aliphatic carbocycles. The van der Waals surface area contributed by atoms with E-state index in [1.54, 1.807) is 0 Å². The molecule has 0 radical (unpaired) electrons. The van der Waals surface area contributed by atoms with Crippen molar-refractivity contribution in [2.45, 2.75) is 46.6 Å². The third-order valence-electron chi connectivity index (χ3n) is 3.27. The molecular weight excluding hydrogens is 276 g/mol. The van der Waals surface area contributed by atoms with Crippen LogP contribution in [0.3, 0.4) is 0 Å². The number of nitrogens with one attached hydrogen (secondary N) is 1. The molecule has 0 bridgehead atoms. The highest BCUT2D eigenvalue weighted by Gasteiger charge is 2.23. The Morgan fingerprint density at radius 2 is 1.81 bits per heavy atom. The van der Waals surface area contributed by atoms with Crippen LogP contribution >= 0.6 is 11.3 Å². The molecule has 0 aliphatic rings. The second-order valence-corrected chi connectivity index (χ2v) is 8.02. The van der Waals surface area contributed by atoms with Crippen molar-refractivity contribution in [3.05, 3.63) is 40.9 Å². The summed E-state index contributed by atoms with van der Waals surface area (Å²) in [6.07, 6.45) is 0. The summed E-state index contributed by atoms with van der Waals surface area (Å²) < 4.78 is 0. The lowest BCUT2D eigenvalue weighted by atomic mass is 9.91. The van der Waals surface area contributed by atoms with Crippen molar-refractivity contribution >= 4 is 11.3 Å². The van der Waals surface area contributed by atoms with Crippen LogP contribution in [0, 0.1) is 5.92 Å². The smallest absolute Gasteiger partial charge is 0.123 e. The first kappa shape index (κ1) is 16.2. The number of aromatic nitrogens is 1. The maximum atomic E-state index is 4.93. The first-order valence-electron chi connectivity index (χ1n) is 7.64. The van der Waals surface area contributed by atoms with Gasteiger partial charge in [-0.05, 0) is 12.5 Å². The van der Waals surface area contributed by atoms with Crippen molar-refractivity contribution in [2.24, 2.45) is 5.92 Å². The molecule has 3 heteroatoms. The minimum Gasteiger partial charge on any atom is -0.312 e. The zero-order valence-electron chi connectivity index (χ0n) is 13.7. The van der Waals surface area contributed by atoms with E-state index in [4.69, 9.17) is 4.98 Å². The summed E-state index contributed by atoms with van der Waals surface area (Å²) in [6, 6.07) is 10.5. The van der Waals surface area contributed by atoms with Crippen LogP contribution in [0.5, 0.6) is 0 Å². The van der Waals surface area contributed by atoms with Crippen molar-refractivity contribution in [3.8, 4) is 10.6 Å². The van der Waals surface area contributed by atoms with Crippen molar-refractivity contribution in [1.82, 2.24) is 10.3 Å². The lowest BCUT2D eigenvalue weighted by Crippen LogP contribution is -2.21. The Hall–Kier alpha value is -1.19. The number of thiazole rings is 1. The summed E-state index contributed by atoms with van der Waals surface area (Å²) in [6.45, 7) is 13.1. The van der Waals surface area contributed by atoms with Crippen LogP contribution in [0.2, 0.25) is 0 Å². The van der Waals surface area contributed by atoms with Crippen molar-refractivity contribution in [2.75, 3.05) is 6.54 Å². The van der Waals surface area contributed by atoms with Gasteiger partial charge in [-0.1, -0.05) is 65.0 Å². The molecule has 21 heavy (non-hydrogen) atoms. The zero-order valence-corrected chi connectivity index (χ0v) is 14.6. The summed E-state index contributed by atoms with van der Waals surface area (Å²) in [5.74, 6) is 0.671. The van der Waals surface area contributed by atoms with Gasteiger partial charge in [-0.2, -0.15) is 0 Å². The fourth-order valence-corrected chi connectivity index (χ4v) is 3.48. The molecule has 0 spiro atoms. The standard InChI is InChI=1S/C18H26N2S/c1-13(2)11-19-12-15-16(18(3,4)5)20-17(21-15)14-9-7-6-8-10-14/h6-10,13,19H,11-12H2,1-5H3. The molecule has 0 saturated heterocycles. The SMILES string of the molecule is CC(C)CNCc1sc(-c2ccccc2)nc1C(C)(C)C. The fraction of sp³-hybridized carbons (Fsp3) is 0.500. The Labute approximate surface area is 132 Å². The van der Waals surface area contributed by atoms with Crippen LogP contribution in [0.25, 0.3) is 10.6 Å². The molecule has 2 aromatic rings. The summed E-state index contributed by atoms with van der Waals surface area (Å²) in [5.41, 5.74) is 2.52. The first-order chi connectivity index (χ1) is 9.88. The van der Waals surface area contributed by atoms with E-state index in [2.05, 4.69) is 64.2 Å². The summed E-state index contributed by atoms with van der Waals surface area (Å²) in [7, 11) is 0. The molecule has 1 aromatic carbocycles. The van der Waals surface area contributed by atoms with Crippen molar-refractivity contribution < 1.29 is 0 Å². The Balaban J connectivity index is 2.28. The highest BCUT2D eigenvalue weighted by atomic mass is 32.1. The third kappa shape index (κ3) is 4.39. The number of nitrogens with zero attached hydrogens (tertiary/aromatic N) is 1. The Morgan fingerprint density at radius 3 is 2.38 bits per heavy atom. The normalized spacial score (nSPS) is 12.1. The monoisotopic (exact) mass is 302 g/mol. The summed E-state index contributed by atoms with van der Waals surface area (Å²) in [4.78, 5) is 6.29. The van der Waals surface area contributed by atoms with E-state index in [0.29, 0.717) is 5.92 Å². The van der Waals surface area contributed by atoms with Crippen LogP contribution in [-0.2, 0) is 12.0 Å². The molecule has 1 heterocycles. The predicted molar refractivity (Wildman–Crippen MR) is 92.8 cm³/mol. The molecule has 0 amide bonds. The van der Waals surface area contributed by atoms with Crippen LogP contribution < -0.4 is 5.32 Å². The second-order valence-electron chi connectivity index (χ2n) is 6.93. The van der Waals surface area contributed by atoms with Gasteiger partial charge in [0.05, 0.1) is 5.69 Å². The number of hydrogen-bond donors (Lipinski definition) is 1. The molecule has 0 unspecified atom stereocenters. The van der Waals surface area contributed by atoms with Crippen LogP contribution in [-0.4, -0.2) is 11.5 Å². The number of rotatable bonds is 5. The van der Waals surface area contributed by atoms with E-state index in [1.165, 1.54) is 16.1 Å². The Bertz CT molecular complexity index is 565. The van der Waals surface area contributed by atoms with E-state index < -0.39 is 0 Å². The quantitative estimate of drug-likeness (QED) is 0.853. The molecular formula is C18H26N2S. The minimum atomic E-state index is 0.0817. The largest absolute Gasteiger partial charge is 0.312 e. The van der Waals surface area contributed by atoms with Gasteiger partial charge in [0.1, 0.15) is 5.01 Å². The number of hydrogen-bond acceptors (Lipinski definition) is 3. The highest BCUT2D eigenvalue weighted by Crippen LogP contribution is 2.34. The fourth-order valence-electron chi connectivity index (χ4n) is 2.24. The van der Waals surface area contributed by atoms with Gasteiger partial charge in [0.15, 0.2) is 0 Å². The van der Waals surface area contributed by atoms with E-state index in [9.17, 15) is 0 Å². The van der Waals surface area contributed by atoms with E-state index in [1.807, 2.05) is 17.4 Å². The first-order valence-corrected chi connectivity index (χ1v) is 8.46. The second kappa shape index (κ2) is 6.71. The van der Waals surface area contributed by atoms with E-state index >= 15 is 0 Å². The molecule has 0 aliphatic heterocycles. The molecule has 0 atom stereocenters. The van der Waals surface area contributed by atoms with Gasteiger partial charge in [-0.25, -0.2) is 4.98 Å². The van der Waals surface area contributed by atoms with E-state index in [0.717, 1.165) is 18.1 Å². The molecule has 1 N–H and O–H groups in total. The minimum absolute atomic E-state index is 0.0817. The molecule has 1 aromatic heterocycles. The van der Waals surface area contributed by atoms with Crippen LogP contribution in [0.4, 0.5) is 0 Å². The average molecular weight is 302 g/mol.